The number of sulfonamides is 1. The fourth-order valence-corrected chi connectivity index (χ4v) is 4.82. The molecule has 0 bridgehead atoms. The lowest BCUT2D eigenvalue weighted by molar-refractivity contribution is -0.345. The Labute approximate surface area is 152 Å². The largest absolute Gasteiger partial charge is 0.522 e. The van der Waals surface area contributed by atoms with Crippen molar-refractivity contribution in [3.8, 4) is 5.75 Å². The quantitative estimate of drug-likeness (QED) is 0.761. The third kappa shape index (κ3) is 4.69. The molecule has 0 aromatic heterocycles. The third-order valence-electron chi connectivity index (χ3n) is 4.49. The van der Waals surface area contributed by atoms with Gasteiger partial charge < -0.3 is 4.74 Å². The van der Waals surface area contributed by atoms with Crippen molar-refractivity contribution in [2.75, 3.05) is 20.2 Å². The molecule has 2 rings (SSSR count). The number of aryl methyl sites for hydroxylation is 1. The highest BCUT2D eigenvalue weighted by atomic mass is 32.2. The smallest absolute Gasteiger partial charge is 0.495 e. The molecule has 1 aliphatic heterocycles. The molecular weight excluding hydrogens is 371 g/mol. The number of alkyl halides is 3. The average Bonchev–Trinajstić information content (AvgIpc) is 2.52. The van der Waals surface area contributed by atoms with Crippen LogP contribution in [0.3, 0.4) is 0 Å². The summed E-state index contributed by atoms with van der Waals surface area (Å²) in [6.45, 7) is 5.75. The number of hydrogen-bond acceptors (Lipinski definition) is 4. The van der Waals surface area contributed by atoms with E-state index in [9.17, 15) is 21.6 Å². The second kappa shape index (κ2) is 7.74. The molecule has 0 radical (unpaired) electrons. The van der Waals surface area contributed by atoms with Gasteiger partial charge in [-0.25, -0.2) is 8.42 Å². The topological polar surface area (TPSA) is 55.8 Å². The molecule has 1 fully saturated rings. The fraction of sp³-hybridized carbons (Fsp3) is 0.647. The Balaban J connectivity index is 2.27. The van der Waals surface area contributed by atoms with Crippen molar-refractivity contribution in [1.82, 2.24) is 4.31 Å². The molecule has 0 N–H and O–H groups in total. The lowest BCUT2D eigenvalue weighted by atomic mass is 9.98. The maximum atomic E-state index is 13.0. The molecule has 0 aliphatic carbocycles. The normalized spacial score (nSPS) is 17.7. The Hall–Kier alpha value is -1.32. The first-order valence-corrected chi connectivity index (χ1v) is 9.83. The monoisotopic (exact) mass is 395 g/mol. The van der Waals surface area contributed by atoms with Gasteiger partial charge in [-0.15, -0.1) is 13.2 Å². The maximum Gasteiger partial charge on any atom is 0.522 e. The van der Waals surface area contributed by atoms with Gasteiger partial charge in [0.2, 0.25) is 10.0 Å². The lowest BCUT2D eigenvalue weighted by Gasteiger charge is -2.32. The zero-order valence-corrected chi connectivity index (χ0v) is 16.1. The SMILES string of the molecule is COc1cc(C)c(C(C)C)cc1S(=O)(=O)N1CCC(OC(F)(F)F)CC1. The van der Waals surface area contributed by atoms with Crippen LogP contribution in [0, 0.1) is 6.92 Å². The van der Waals surface area contributed by atoms with E-state index < -0.39 is 22.5 Å². The summed E-state index contributed by atoms with van der Waals surface area (Å²) in [5, 5.41) is 0. The van der Waals surface area contributed by atoms with Gasteiger partial charge in [-0.05, 0) is 48.9 Å². The van der Waals surface area contributed by atoms with E-state index in [-0.39, 0.29) is 42.5 Å². The van der Waals surface area contributed by atoms with Crippen LogP contribution in [-0.4, -0.2) is 45.4 Å². The van der Waals surface area contributed by atoms with Crippen LogP contribution in [0.5, 0.6) is 5.75 Å². The molecule has 1 aromatic carbocycles. The molecule has 1 aliphatic rings. The van der Waals surface area contributed by atoms with Crippen molar-refractivity contribution in [2.24, 2.45) is 0 Å². The van der Waals surface area contributed by atoms with E-state index in [4.69, 9.17) is 4.74 Å². The van der Waals surface area contributed by atoms with E-state index in [0.717, 1.165) is 11.1 Å². The number of halogens is 3. The van der Waals surface area contributed by atoms with Crippen molar-refractivity contribution < 1.29 is 31.1 Å². The number of benzene rings is 1. The first-order chi connectivity index (χ1) is 12.0. The van der Waals surface area contributed by atoms with Gasteiger partial charge in [0.25, 0.3) is 0 Å². The molecule has 9 heteroatoms. The van der Waals surface area contributed by atoms with E-state index in [1.165, 1.54) is 11.4 Å². The molecule has 1 saturated heterocycles. The summed E-state index contributed by atoms with van der Waals surface area (Å²) in [4.78, 5) is 0.0458. The van der Waals surface area contributed by atoms with Gasteiger partial charge in [0.05, 0.1) is 13.2 Å². The summed E-state index contributed by atoms with van der Waals surface area (Å²) in [5.74, 6) is 0.362. The van der Waals surface area contributed by atoms with Crippen LogP contribution < -0.4 is 4.74 Å². The number of methoxy groups -OCH3 is 1. The van der Waals surface area contributed by atoms with Crippen LogP contribution in [-0.2, 0) is 14.8 Å². The fourth-order valence-electron chi connectivity index (χ4n) is 3.18. The van der Waals surface area contributed by atoms with E-state index >= 15 is 0 Å². The Kier molecular flexibility index (Phi) is 6.24. The predicted molar refractivity (Wildman–Crippen MR) is 90.7 cm³/mol. The number of piperidine rings is 1. The summed E-state index contributed by atoms with van der Waals surface area (Å²) >= 11 is 0. The highest BCUT2D eigenvalue weighted by Crippen LogP contribution is 2.34. The van der Waals surface area contributed by atoms with Crippen molar-refractivity contribution in [1.29, 1.82) is 0 Å². The van der Waals surface area contributed by atoms with Crippen LogP contribution in [0.1, 0.15) is 43.7 Å². The van der Waals surface area contributed by atoms with E-state index in [0.29, 0.717) is 0 Å². The molecule has 26 heavy (non-hydrogen) atoms. The van der Waals surface area contributed by atoms with Gasteiger partial charge in [0.1, 0.15) is 10.6 Å². The molecule has 1 heterocycles. The molecule has 1 aromatic rings. The molecule has 0 unspecified atom stereocenters. The summed E-state index contributed by atoms with van der Waals surface area (Å²) in [6, 6.07) is 3.29. The molecule has 5 nitrogen and oxygen atoms in total. The molecule has 0 atom stereocenters. The number of ether oxygens (including phenoxy) is 2. The standard InChI is InChI=1S/C17H24F3NO4S/c1-11(2)14-10-16(15(24-4)9-12(14)3)26(22,23)21-7-5-13(6-8-21)25-17(18,19)20/h9-11,13H,5-8H2,1-4H3. The van der Waals surface area contributed by atoms with Crippen LogP contribution in [0.15, 0.2) is 17.0 Å². The van der Waals surface area contributed by atoms with Gasteiger partial charge >= 0.3 is 6.36 Å². The lowest BCUT2D eigenvalue weighted by Crippen LogP contribution is -2.42. The molecule has 0 amide bonds. The van der Waals surface area contributed by atoms with E-state index in [1.807, 2.05) is 20.8 Å². The number of hydrogen-bond donors (Lipinski definition) is 0. The first-order valence-electron chi connectivity index (χ1n) is 8.39. The molecule has 0 spiro atoms. The third-order valence-corrected chi connectivity index (χ3v) is 6.41. The average molecular weight is 395 g/mol. The van der Waals surface area contributed by atoms with Crippen molar-refractivity contribution >= 4 is 10.0 Å². The zero-order valence-electron chi connectivity index (χ0n) is 15.3. The zero-order chi connectivity index (χ0) is 19.7. The highest BCUT2D eigenvalue weighted by molar-refractivity contribution is 7.89. The summed E-state index contributed by atoms with van der Waals surface area (Å²) in [5.41, 5.74) is 1.81. The molecule has 0 saturated carbocycles. The predicted octanol–water partition coefficient (Wildman–Crippen LogP) is 3.82. The number of rotatable bonds is 5. The second-order valence-corrected chi connectivity index (χ2v) is 8.59. The summed E-state index contributed by atoms with van der Waals surface area (Å²) in [7, 11) is -2.48. The van der Waals surface area contributed by atoms with Crippen LogP contribution in [0.4, 0.5) is 13.2 Å². The Bertz CT molecular complexity index is 739. The van der Waals surface area contributed by atoms with Crippen molar-refractivity contribution in [2.45, 2.75) is 56.9 Å². The Morgan fingerprint density at radius 2 is 1.77 bits per heavy atom. The second-order valence-electron chi connectivity index (χ2n) is 6.68. The minimum absolute atomic E-state index is 0.00997. The van der Waals surface area contributed by atoms with E-state index in [1.54, 1.807) is 12.1 Å². The van der Waals surface area contributed by atoms with Gasteiger partial charge in [-0.3, -0.25) is 4.74 Å². The minimum atomic E-state index is -4.71. The van der Waals surface area contributed by atoms with Gasteiger partial charge in [0.15, 0.2) is 0 Å². The van der Waals surface area contributed by atoms with Gasteiger partial charge in [0, 0.05) is 13.1 Å². The number of nitrogens with zero attached hydrogens (tertiary/aromatic N) is 1. The minimum Gasteiger partial charge on any atom is -0.495 e. The molecular formula is C17H24F3NO4S. The highest BCUT2D eigenvalue weighted by Gasteiger charge is 2.38. The van der Waals surface area contributed by atoms with Gasteiger partial charge in [-0.2, -0.15) is 4.31 Å². The van der Waals surface area contributed by atoms with Crippen LogP contribution in [0.2, 0.25) is 0 Å². The first kappa shape index (κ1) is 21.0. The van der Waals surface area contributed by atoms with Crippen LogP contribution in [0.25, 0.3) is 0 Å². The summed E-state index contributed by atoms with van der Waals surface area (Å²) < 4.78 is 73.5. The Morgan fingerprint density at radius 3 is 2.23 bits per heavy atom. The van der Waals surface area contributed by atoms with Crippen molar-refractivity contribution in [3.05, 3.63) is 23.3 Å². The van der Waals surface area contributed by atoms with Gasteiger partial charge in [-0.1, -0.05) is 13.8 Å². The molecule has 148 valence electrons. The van der Waals surface area contributed by atoms with Crippen molar-refractivity contribution in [3.63, 3.8) is 0 Å². The van der Waals surface area contributed by atoms with Crippen LogP contribution >= 0.6 is 0 Å². The Morgan fingerprint density at radius 1 is 1.19 bits per heavy atom. The maximum absolute atomic E-state index is 13.0. The summed E-state index contributed by atoms with van der Waals surface area (Å²) in [6.07, 6.45) is -5.75. The van der Waals surface area contributed by atoms with E-state index in [2.05, 4.69) is 4.74 Å².